The molecule has 0 radical (unpaired) electrons. The lowest BCUT2D eigenvalue weighted by Crippen LogP contribution is -2.42. The Morgan fingerprint density at radius 1 is 1.44 bits per heavy atom. The molecule has 3 unspecified atom stereocenters. The number of rotatable bonds is 7. The van der Waals surface area contributed by atoms with E-state index in [2.05, 4.69) is 45.1 Å². The highest BCUT2D eigenvalue weighted by Gasteiger charge is 2.38. The van der Waals surface area contributed by atoms with Gasteiger partial charge in [-0.05, 0) is 47.3 Å². The van der Waals surface area contributed by atoms with Gasteiger partial charge in [0.1, 0.15) is 0 Å². The van der Waals surface area contributed by atoms with Crippen LogP contribution in [0.4, 0.5) is 0 Å². The van der Waals surface area contributed by atoms with Crippen LogP contribution < -0.4 is 5.32 Å². The Bertz CT molecular complexity index is 268. The van der Waals surface area contributed by atoms with Gasteiger partial charge in [-0.1, -0.05) is 19.8 Å². The van der Waals surface area contributed by atoms with E-state index in [-0.39, 0.29) is 12.2 Å². The summed E-state index contributed by atoms with van der Waals surface area (Å²) in [6, 6.07) is 0.357. The summed E-state index contributed by atoms with van der Waals surface area (Å²) in [7, 11) is 4.15. The third-order valence-electron chi connectivity index (χ3n) is 3.73. The van der Waals surface area contributed by atoms with Crippen LogP contribution in [0.25, 0.3) is 0 Å². The highest BCUT2D eigenvalue weighted by Crippen LogP contribution is 2.19. The van der Waals surface area contributed by atoms with E-state index < -0.39 is 0 Å². The van der Waals surface area contributed by atoms with E-state index in [4.69, 9.17) is 0 Å². The molecule has 106 valence electrons. The zero-order chi connectivity index (χ0) is 13.7. The predicted octanol–water partition coefficient (Wildman–Crippen LogP) is 1.66. The standard InChI is InChI=1S/C14H29N3O/c1-6-7-8-13-14(18)17(12(3)15-13)11(2)9-10-16(4)5/h11-13,15H,6-10H2,1-5H3. The van der Waals surface area contributed by atoms with Crippen molar-refractivity contribution in [2.45, 2.75) is 64.7 Å². The van der Waals surface area contributed by atoms with Gasteiger partial charge in [-0.25, -0.2) is 0 Å². The molecule has 0 aromatic heterocycles. The third kappa shape index (κ3) is 3.95. The topological polar surface area (TPSA) is 35.6 Å². The SMILES string of the molecule is CCCCC1NC(C)N(C(C)CCN(C)C)C1=O. The maximum Gasteiger partial charge on any atom is 0.241 e. The summed E-state index contributed by atoms with van der Waals surface area (Å²) in [6.45, 7) is 7.44. The molecule has 1 aliphatic rings. The monoisotopic (exact) mass is 255 g/mol. The van der Waals surface area contributed by atoms with E-state index in [1.165, 1.54) is 0 Å². The predicted molar refractivity (Wildman–Crippen MR) is 75.4 cm³/mol. The molecule has 0 bridgehead atoms. The molecular formula is C14H29N3O. The van der Waals surface area contributed by atoms with Gasteiger partial charge in [-0.2, -0.15) is 0 Å². The first-order chi connectivity index (χ1) is 8.47. The van der Waals surface area contributed by atoms with Crippen molar-refractivity contribution in [3.63, 3.8) is 0 Å². The summed E-state index contributed by atoms with van der Waals surface area (Å²) < 4.78 is 0. The molecule has 1 aliphatic heterocycles. The van der Waals surface area contributed by atoms with Crippen molar-refractivity contribution in [2.75, 3.05) is 20.6 Å². The summed E-state index contributed by atoms with van der Waals surface area (Å²) >= 11 is 0. The van der Waals surface area contributed by atoms with Gasteiger partial charge in [0, 0.05) is 6.04 Å². The number of hydrogen-bond donors (Lipinski definition) is 1. The van der Waals surface area contributed by atoms with Gasteiger partial charge in [0.05, 0.1) is 12.2 Å². The molecule has 1 saturated heterocycles. The molecule has 0 spiro atoms. The van der Waals surface area contributed by atoms with E-state index in [9.17, 15) is 4.79 Å². The lowest BCUT2D eigenvalue weighted by atomic mass is 10.1. The summed E-state index contributed by atoms with van der Waals surface area (Å²) in [5.41, 5.74) is 0. The number of unbranched alkanes of at least 4 members (excludes halogenated alkanes) is 1. The van der Waals surface area contributed by atoms with Gasteiger partial charge >= 0.3 is 0 Å². The van der Waals surface area contributed by atoms with Crippen molar-refractivity contribution in [3.05, 3.63) is 0 Å². The minimum atomic E-state index is 0.0433. The number of carbonyl (C=O) groups excluding carboxylic acids is 1. The quantitative estimate of drug-likeness (QED) is 0.751. The minimum absolute atomic E-state index is 0.0433. The van der Waals surface area contributed by atoms with Gasteiger partial charge in [0.2, 0.25) is 5.91 Å². The molecule has 1 amide bonds. The van der Waals surface area contributed by atoms with Crippen LogP contribution in [0, 0.1) is 0 Å². The molecule has 18 heavy (non-hydrogen) atoms. The first kappa shape index (κ1) is 15.4. The highest BCUT2D eigenvalue weighted by atomic mass is 16.2. The lowest BCUT2D eigenvalue weighted by Gasteiger charge is -2.29. The Kier molecular flexibility index (Phi) is 6.09. The number of carbonyl (C=O) groups is 1. The van der Waals surface area contributed by atoms with Crippen molar-refractivity contribution in [3.8, 4) is 0 Å². The van der Waals surface area contributed by atoms with Crippen molar-refractivity contribution in [1.82, 2.24) is 15.1 Å². The summed E-state index contributed by atoms with van der Waals surface area (Å²) in [5, 5.41) is 3.42. The molecular weight excluding hydrogens is 226 g/mol. The lowest BCUT2D eigenvalue weighted by molar-refractivity contribution is -0.132. The van der Waals surface area contributed by atoms with Gasteiger partial charge in [0.15, 0.2) is 0 Å². The molecule has 1 N–H and O–H groups in total. The van der Waals surface area contributed by atoms with Crippen LogP contribution in [0.2, 0.25) is 0 Å². The fourth-order valence-corrected chi connectivity index (χ4v) is 2.61. The molecule has 0 aromatic rings. The second-order valence-electron chi connectivity index (χ2n) is 5.72. The average Bonchev–Trinajstić information content (AvgIpc) is 2.59. The Morgan fingerprint density at radius 3 is 2.67 bits per heavy atom. The fourth-order valence-electron chi connectivity index (χ4n) is 2.61. The first-order valence-electron chi connectivity index (χ1n) is 7.20. The van der Waals surface area contributed by atoms with Crippen LogP contribution in [0.1, 0.15) is 46.5 Å². The Morgan fingerprint density at radius 2 is 2.11 bits per heavy atom. The molecule has 4 heteroatoms. The average molecular weight is 255 g/mol. The van der Waals surface area contributed by atoms with Gasteiger partial charge in [-0.15, -0.1) is 0 Å². The van der Waals surface area contributed by atoms with Crippen LogP contribution in [0.15, 0.2) is 0 Å². The summed E-state index contributed by atoms with van der Waals surface area (Å²) in [6.07, 6.45) is 4.45. The van der Waals surface area contributed by atoms with Gasteiger partial charge < -0.3 is 9.80 Å². The maximum atomic E-state index is 12.4. The van der Waals surface area contributed by atoms with Crippen LogP contribution >= 0.6 is 0 Å². The molecule has 1 rings (SSSR count). The number of nitrogens with zero attached hydrogens (tertiary/aromatic N) is 2. The van der Waals surface area contributed by atoms with Crippen molar-refractivity contribution in [1.29, 1.82) is 0 Å². The van der Waals surface area contributed by atoms with Crippen molar-refractivity contribution in [2.24, 2.45) is 0 Å². The van der Waals surface area contributed by atoms with Gasteiger partial charge in [-0.3, -0.25) is 10.1 Å². The van der Waals surface area contributed by atoms with E-state index in [0.29, 0.717) is 11.9 Å². The zero-order valence-electron chi connectivity index (χ0n) is 12.6. The summed E-state index contributed by atoms with van der Waals surface area (Å²) in [5.74, 6) is 0.294. The van der Waals surface area contributed by atoms with E-state index in [0.717, 1.165) is 32.2 Å². The number of nitrogens with one attached hydrogen (secondary N) is 1. The third-order valence-corrected chi connectivity index (χ3v) is 3.73. The highest BCUT2D eigenvalue weighted by molar-refractivity contribution is 5.84. The molecule has 1 fully saturated rings. The molecule has 0 aliphatic carbocycles. The van der Waals surface area contributed by atoms with E-state index in [1.807, 2.05) is 4.90 Å². The summed E-state index contributed by atoms with van der Waals surface area (Å²) in [4.78, 5) is 16.6. The Hall–Kier alpha value is -0.610. The normalized spacial score (nSPS) is 26.1. The minimum Gasteiger partial charge on any atom is -0.323 e. The van der Waals surface area contributed by atoms with Gasteiger partial charge in [0.25, 0.3) is 0 Å². The largest absolute Gasteiger partial charge is 0.323 e. The fraction of sp³-hybridized carbons (Fsp3) is 0.929. The second kappa shape index (κ2) is 7.10. The number of hydrogen-bond acceptors (Lipinski definition) is 3. The molecule has 0 aromatic carbocycles. The van der Waals surface area contributed by atoms with Crippen LogP contribution in [-0.4, -0.2) is 54.6 Å². The zero-order valence-corrected chi connectivity index (χ0v) is 12.6. The molecule has 4 nitrogen and oxygen atoms in total. The second-order valence-corrected chi connectivity index (χ2v) is 5.72. The molecule has 3 atom stereocenters. The van der Waals surface area contributed by atoms with E-state index in [1.54, 1.807) is 0 Å². The maximum absolute atomic E-state index is 12.4. The molecule has 0 saturated carbocycles. The first-order valence-corrected chi connectivity index (χ1v) is 7.20. The number of amides is 1. The Labute approximate surface area is 112 Å². The smallest absolute Gasteiger partial charge is 0.241 e. The van der Waals surface area contributed by atoms with Crippen LogP contribution in [0.3, 0.4) is 0 Å². The van der Waals surface area contributed by atoms with E-state index >= 15 is 0 Å². The Balaban J connectivity index is 2.52. The molecule has 1 heterocycles. The van der Waals surface area contributed by atoms with Crippen molar-refractivity contribution < 1.29 is 4.79 Å². The van der Waals surface area contributed by atoms with Crippen LogP contribution in [-0.2, 0) is 4.79 Å². The van der Waals surface area contributed by atoms with Crippen molar-refractivity contribution >= 4 is 5.91 Å². The van der Waals surface area contributed by atoms with Crippen LogP contribution in [0.5, 0.6) is 0 Å².